The second-order valence-corrected chi connectivity index (χ2v) is 5.93. The standard InChI is InChI=1S/C19H14ClO3/c1-11-7-18(22)15(19(23)16(11)10-21)9-12-5-6-14-13(8-12)3-2-4-17(14)20/h2-8,10,23H,9H2,1H3. The van der Waals surface area contributed by atoms with Crippen LogP contribution >= 0.6 is 11.6 Å². The zero-order valence-corrected chi connectivity index (χ0v) is 13.2. The van der Waals surface area contributed by atoms with Crippen LogP contribution in [0.4, 0.5) is 0 Å². The van der Waals surface area contributed by atoms with Crippen LogP contribution < -0.4 is 0 Å². The van der Waals surface area contributed by atoms with Crippen molar-refractivity contribution in [2.45, 2.75) is 13.3 Å². The summed E-state index contributed by atoms with van der Waals surface area (Å²) in [4.78, 5) is 11.1. The maximum Gasteiger partial charge on any atom is 0.186 e. The lowest BCUT2D eigenvalue weighted by Crippen LogP contribution is -1.96. The van der Waals surface area contributed by atoms with Crippen molar-refractivity contribution in [3.63, 3.8) is 0 Å². The summed E-state index contributed by atoms with van der Waals surface area (Å²) in [6.45, 7) is 1.63. The van der Waals surface area contributed by atoms with Gasteiger partial charge in [-0.05, 0) is 35.6 Å². The summed E-state index contributed by atoms with van der Waals surface area (Å²) in [6, 6.07) is 12.7. The summed E-state index contributed by atoms with van der Waals surface area (Å²) in [6.07, 6.45) is 0.835. The van der Waals surface area contributed by atoms with Gasteiger partial charge >= 0.3 is 0 Å². The number of fused-ring (bicyclic) bond motifs is 1. The molecule has 1 radical (unpaired) electrons. The van der Waals surface area contributed by atoms with Crippen molar-refractivity contribution >= 4 is 28.7 Å². The molecule has 115 valence electrons. The minimum absolute atomic E-state index is 0.170. The van der Waals surface area contributed by atoms with Crippen LogP contribution in [0.5, 0.6) is 11.5 Å². The Kier molecular flexibility index (Phi) is 3.97. The molecule has 0 aliphatic heterocycles. The number of carbonyl (C=O) groups excluding carboxylic acids is 1. The molecule has 0 saturated heterocycles. The molecule has 0 aromatic heterocycles. The van der Waals surface area contributed by atoms with E-state index < -0.39 is 0 Å². The van der Waals surface area contributed by atoms with Gasteiger partial charge in [-0.25, -0.2) is 0 Å². The van der Waals surface area contributed by atoms with Gasteiger partial charge in [-0.2, -0.15) is 0 Å². The lowest BCUT2D eigenvalue weighted by atomic mass is 9.96. The fourth-order valence-corrected chi connectivity index (χ4v) is 3.00. The van der Waals surface area contributed by atoms with E-state index in [0.29, 0.717) is 16.9 Å². The number of aldehydes is 1. The number of carbonyl (C=O) groups is 1. The fraction of sp³-hybridized carbons (Fsp3) is 0.105. The Bertz CT molecular complexity index is 916. The molecule has 0 heterocycles. The highest BCUT2D eigenvalue weighted by Crippen LogP contribution is 2.35. The molecule has 0 unspecified atom stereocenters. The molecule has 0 aliphatic rings. The number of aryl methyl sites for hydroxylation is 1. The molecule has 0 fully saturated rings. The van der Waals surface area contributed by atoms with Crippen LogP contribution in [0.25, 0.3) is 10.8 Å². The number of phenolic OH excluding ortho intramolecular Hbond substituents is 1. The fourth-order valence-electron chi connectivity index (χ4n) is 2.75. The second kappa shape index (κ2) is 5.94. The Morgan fingerprint density at radius 1 is 1.17 bits per heavy atom. The van der Waals surface area contributed by atoms with Crippen molar-refractivity contribution in [1.82, 2.24) is 0 Å². The van der Waals surface area contributed by atoms with Gasteiger partial charge in [0, 0.05) is 22.4 Å². The maximum atomic E-state index is 12.2. The van der Waals surface area contributed by atoms with Gasteiger partial charge in [-0.3, -0.25) is 9.90 Å². The summed E-state index contributed by atoms with van der Waals surface area (Å²) in [5.41, 5.74) is 1.76. The van der Waals surface area contributed by atoms with Crippen molar-refractivity contribution in [2.24, 2.45) is 0 Å². The van der Waals surface area contributed by atoms with Gasteiger partial charge in [0.1, 0.15) is 5.75 Å². The molecule has 23 heavy (non-hydrogen) atoms. The number of phenols is 1. The summed E-state index contributed by atoms with van der Waals surface area (Å²) in [5.74, 6) is -0.493. The normalized spacial score (nSPS) is 10.9. The number of halogens is 1. The summed E-state index contributed by atoms with van der Waals surface area (Å²) >= 11 is 6.15. The molecule has 3 nitrogen and oxygen atoms in total. The van der Waals surface area contributed by atoms with Crippen LogP contribution in [0, 0.1) is 6.92 Å². The average molecular weight is 326 g/mol. The molecular formula is C19H14ClO3. The minimum atomic E-state index is -0.267. The molecule has 3 rings (SSSR count). The third-order valence-corrected chi connectivity index (χ3v) is 4.33. The third kappa shape index (κ3) is 2.76. The van der Waals surface area contributed by atoms with Crippen molar-refractivity contribution in [3.05, 3.63) is 69.7 Å². The van der Waals surface area contributed by atoms with E-state index >= 15 is 0 Å². The number of hydrogen-bond donors (Lipinski definition) is 1. The molecule has 3 aromatic carbocycles. The van der Waals surface area contributed by atoms with Crippen LogP contribution in [0.1, 0.15) is 27.0 Å². The van der Waals surface area contributed by atoms with Gasteiger partial charge in [-0.15, -0.1) is 0 Å². The molecule has 0 atom stereocenters. The lowest BCUT2D eigenvalue weighted by molar-refractivity contribution is 0.112. The highest BCUT2D eigenvalue weighted by atomic mass is 35.5. The smallest absolute Gasteiger partial charge is 0.186 e. The SMILES string of the molecule is Cc1cc([O])c(Cc2ccc3c(Cl)cccc3c2)c(O)c1C=O. The van der Waals surface area contributed by atoms with E-state index in [9.17, 15) is 15.0 Å². The molecule has 0 aliphatic carbocycles. The van der Waals surface area contributed by atoms with Crippen LogP contribution in [0.2, 0.25) is 5.02 Å². The quantitative estimate of drug-likeness (QED) is 0.685. The molecule has 4 heteroatoms. The Morgan fingerprint density at radius 2 is 1.96 bits per heavy atom. The van der Waals surface area contributed by atoms with Crippen LogP contribution in [0.3, 0.4) is 0 Å². The molecule has 3 aromatic rings. The summed E-state index contributed by atoms with van der Waals surface area (Å²) in [5, 5.41) is 24.9. The number of rotatable bonds is 3. The first-order valence-electron chi connectivity index (χ1n) is 7.16. The predicted octanol–water partition coefficient (Wildman–Crippen LogP) is 5.05. The Morgan fingerprint density at radius 3 is 2.70 bits per heavy atom. The van der Waals surface area contributed by atoms with Gasteiger partial charge in [0.25, 0.3) is 0 Å². The first kappa shape index (κ1) is 15.4. The van der Waals surface area contributed by atoms with Crippen molar-refractivity contribution in [1.29, 1.82) is 0 Å². The number of aromatic hydroxyl groups is 1. The number of benzene rings is 3. The van der Waals surface area contributed by atoms with Crippen molar-refractivity contribution < 1.29 is 15.0 Å². The molecule has 0 amide bonds. The highest BCUT2D eigenvalue weighted by Gasteiger charge is 2.17. The Labute approximate surface area is 138 Å². The van der Waals surface area contributed by atoms with Gasteiger partial charge in [-0.1, -0.05) is 41.9 Å². The lowest BCUT2D eigenvalue weighted by Gasteiger charge is -2.11. The van der Waals surface area contributed by atoms with Gasteiger partial charge < -0.3 is 5.11 Å². The maximum absolute atomic E-state index is 12.2. The van der Waals surface area contributed by atoms with Crippen molar-refractivity contribution in [2.75, 3.05) is 0 Å². The average Bonchev–Trinajstić information content (AvgIpc) is 2.52. The predicted molar refractivity (Wildman–Crippen MR) is 90.1 cm³/mol. The molecule has 0 spiro atoms. The zero-order valence-electron chi connectivity index (χ0n) is 12.5. The first-order chi connectivity index (χ1) is 11.0. The van der Waals surface area contributed by atoms with Crippen LogP contribution in [-0.4, -0.2) is 11.4 Å². The van der Waals surface area contributed by atoms with Gasteiger partial charge in [0.2, 0.25) is 0 Å². The summed E-state index contributed by atoms with van der Waals surface area (Å²) < 4.78 is 0. The second-order valence-electron chi connectivity index (χ2n) is 5.52. The highest BCUT2D eigenvalue weighted by molar-refractivity contribution is 6.35. The summed E-state index contributed by atoms with van der Waals surface area (Å²) in [7, 11) is 0. The molecule has 0 bridgehead atoms. The van der Waals surface area contributed by atoms with E-state index in [4.69, 9.17) is 11.6 Å². The van der Waals surface area contributed by atoms with Crippen molar-refractivity contribution in [3.8, 4) is 11.5 Å². The molecular weight excluding hydrogens is 312 g/mol. The van der Waals surface area contributed by atoms with Crippen LogP contribution in [0.15, 0.2) is 42.5 Å². The van der Waals surface area contributed by atoms with E-state index in [-0.39, 0.29) is 29.0 Å². The van der Waals surface area contributed by atoms with E-state index in [1.807, 2.05) is 36.4 Å². The van der Waals surface area contributed by atoms with E-state index in [2.05, 4.69) is 0 Å². The number of hydrogen-bond acceptors (Lipinski definition) is 2. The molecule has 0 saturated carbocycles. The van der Waals surface area contributed by atoms with Gasteiger partial charge in [0.05, 0.1) is 5.56 Å². The third-order valence-electron chi connectivity index (χ3n) is 4.00. The monoisotopic (exact) mass is 325 g/mol. The zero-order chi connectivity index (χ0) is 16.6. The van der Waals surface area contributed by atoms with E-state index in [1.165, 1.54) is 6.07 Å². The molecule has 1 N–H and O–H groups in total. The van der Waals surface area contributed by atoms with E-state index in [0.717, 1.165) is 16.3 Å². The van der Waals surface area contributed by atoms with Gasteiger partial charge in [0.15, 0.2) is 12.0 Å². The Hall–Kier alpha value is -2.52. The van der Waals surface area contributed by atoms with Crippen LogP contribution in [-0.2, 0) is 11.5 Å². The topological polar surface area (TPSA) is 57.2 Å². The van der Waals surface area contributed by atoms with E-state index in [1.54, 1.807) is 6.92 Å². The first-order valence-corrected chi connectivity index (χ1v) is 7.54. The Balaban J connectivity index is 2.07. The largest absolute Gasteiger partial charge is 0.507 e. The minimum Gasteiger partial charge on any atom is -0.507 e.